The number of rotatable bonds is 7. The van der Waals surface area contributed by atoms with Crippen molar-refractivity contribution in [3.63, 3.8) is 0 Å². The molecular weight excluding hydrogens is 336 g/mol. The SMILES string of the molecule is COc1cc(Cl)c(/C=N\OCc2cccc([N+](=O)[O-])c2)cc1OC. The molecule has 126 valence electrons. The van der Waals surface area contributed by atoms with E-state index >= 15 is 0 Å². The lowest BCUT2D eigenvalue weighted by atomic mass is 10.2. The van der Waals surface area contributed by atoms with Gasteiger partial charge in [0.05, 0.1) is 30.4 Å². The van der Waals surface area contributed by atoms with Gasteiger partial charge in [0.15, 0.2) is 11.5 Å². The zero-order valence-electron chi connectivity index (χ0n) is 13.1. The summed E-state index contributed by atoms with van der Waals surface area (Å²) in [5.74, 6) is 1.03. The van der Waals surface area contributed by atoms with Crippen LogP contribution >= 0.6 is 11.6 Å². The Kier molecular flexibility index (Phi) is 5.97. The third kappa shape index (κ3) is 4.36. The van der Waals surface area contributed by atoms with Crippen LogP contribution in [0.25, 0.3) is 0 Å². The van der Waals surface area contributed by atoms with Crippen molar-refractivity contribution in [3.8, 4) is 11.5 Å². The molecule has 0 radical (unpaired) electrons. The van der Waals surface area contributed by atoms with Crippen LogP contribution in [0, 0.1) is 10.1 Å². The fourth-order valence-electron chi connectivity index (χ4n) is 1.93. The van der Waals surface area contributed by atoms with Crippen molar-refractivity contribution < 1.29 is 19.2 Å². The van der Waals surface area contributed by atoms with Crippen LogP contribution in [0.3, 0.4) is 0 Å². The second kappa shape index (κ2) is 8.16. The van der Waals surface area contributed by atoms with Gasteiger partial charge in [-0.2, -0.15) is 0 Å². The van der Waals surface area contributed by atoms with E-state index in [0.717, 1.165) is 0 Å². The first kappa shape index (κ1) is 17.6. The van der Waals surface area contributed by atoms with Crippen LogP contribution in [0.1, 0.15) is 11.1 Å². The van der Waals surface area contributed by atoms with Crippen LogP contribution in [0.4, 0.5) is 5.69 Å². The fraction of sp³-hybridized carbons (Fsp3) is 0.188. The highest BCUT2D eigenvalue weighted by Gasteiger charge is 2.09. The summed E-state index contributed by atoms with van der Waals surface area (Å²) in [6, 6.07) is 9.43. The molecule has 0 aliphatic rings. The van der Waals surface area contributed by atoms with E-state index in [1.807, 2.05) is 0 Å². The van der Waals surface area contributed by atoms with Gasteiger partial charge >= 0.3 is 0 Å². The van der Waals surface area contributed by atoms with Gasteiger partial charge in [0.25, 0.3) is 5.69 Å². The predicted molar refractivity (Wildman–Crippen MR) is 90.0 cm³/mol. The Bertz CT molecular complexity index is 764. The number of hydrogen-bond donors (Lipinski definition) is 0. The van der Waals surface area contributed by atoms with Crippen molar-refractivity contribution in [3.05, 3.63) is 62.7 Å². The number of methoxy groups -OCH3 is 2. The lowest BCUT2D eigenvalue weighted by Gasteiger charge is -2.09. The van der Waals surface area contributed by atoms with Gasteiger partial charge in [-0.1, -0.05) is 28.9 Å². The van der Waals surface area contributed by atoms with Gasteiger partial charge in [-0.25, -0.2) is 0 Å². The lowest BCUT2D eigenvalue weighted by Crippen LogP contribution is -1.94. The Morgan fingerprint density at radius 1 is 1.21 bits per heavy atom. The molecular formula is C16H15ClN2O5. The quantitative estimate of drug-likeness (QED) is 0.430. The monoisotopic (exact) mass is 350 g/mol. The van der Waals surface area contributed by atoms with Crippen molar-refractivity contribution in [2.45, 2.75) is 6.61 Å². The Balaban J connectivity index is 2.04. The highest BCUT2D eigenvalue weighted by molar-refractivity contribution is 6.33. The third-order valence-corrected chi connectivity index (χ3v) is 3.45. The highest BCUT2D eigenvalue weighted by atomic mass is 35.5. The molecule has 0 N–H and O–H groups in total. The molecule has 0 spiro atoms. The summed E-state index contributed by atoms with van der Waals surface area (Å²) in [5, 5.41) is 15.0. The zero-order chi connectivity index (χ0) is 17.5. The molecule has 2 rings (SSSR count). The number of benzene rings is 2. The third-order valence-electron chi connectivity index (χ3n) is 3.12. The Labute approximate surface area is 143 Å². The average Bonchev–Trinajstić information content (AvgIpc) is 2.59. The topological polar surface area (TPSA) is 83.2 Å². The molecule has 2 aromatic rings. The molecule has 0 saturated heterocycles. The van der Waals surface area contributed by atoms with Gasteiger partial charge in [-0.15, -0.1) is 0 Å². The van der Waals surface area contributed by atoms with Gasteiger partial charge in [-0.05, 0) is 11.6 Å². The first-order chi connectivity index (χ1) is 11.5. The number of hydrogen-bond acceptors (Lipinski definition) is 6. The van der Waals surface area contributed by atoms with E-state index in [9.17, 15) is 10.1 Å². The van der Waals surface area contributed by atoms with Gasteiger partial charge in [-0.3, -0.25) is 10.1 Å². The van der Waals surface area contributed by atoms with Crippen LogP contribution in [-0.4, -0.2) is 25.4 Å². The van der Waals surface area contributed by atoms with Crippen molar-refractivity contribution in [2.24, 2.45) is 5.16 Å². The second-order valence-electron chi connectivity index (χ2n) is 4.66. The minimum Gasteiger partial charge on any atom is -0.493 e. The molecule has 8 heteroatoms. The molecule has 0 saturated carbocycles. The number of halogens is 1. The van der Waals surface area contributed by atoms with Crippen LogP contribution in [0.2, 0.25) is 5.02 Å². The van der Waals surface area contributed by atoms with Crippen molar-refractivity contribution in [1.29, 1.82) is 0 Å². The first-order valence-electron chi connectivity index (χ1n) is 6.85. The molecule has 0 fully saturated rings. The molecule has 0 atom stereocenters. The summed E-state index contributed by atoms with van der Waals surface area (Å²) in [6.45, 7) is 0.100. The Hall–Kier alpha value is -2.80. The number of nitrogens with zero attached hydrogens (tertiary/aromatic N) is 2. The maximum Gasteiger partial charge on any atom is 0.269 e. The number of non-ortho nitro benzene ring substituents is 1. The summed E-state index contributed by atoms with van der Waals surface area (Å²) in [4.78, 5) is 15.4. The molecule has 0 aromatic heterocycles. The van der Waals surface area contributed by atoms with E-state index in [0.29, 0.717) is 27.6 Å². The number of nitro benzene ring substituents is 1. The number of oxime groups is 1. The zero-order valence-corrected chi connectivity index (χ0v) is 13.8. The van der Waals surface area contributed by atoms with Crippen molar-refractivity contribution in [2.75, 3.05) is 14.2 Å². The molecule has 0 heterocycles. The van der Waals surface area contributed by atoms with Gasteiger partial charge < -0.3 is 14.3 Å². The maximum absolute atomic E-state index is 10.7. The summed E-state index contributed by atoms with van der Waals surface area (Å²) >= 11 is 6.13. The smallest absolute Gasteiger partial charge is 0.269 e. The summed E-state index contributed by atoms with van der Waals surface area (Å²) in [5.41, 5.74) is 1.23. The molecule has 24 heavy (non-hydrogen) atoms. The van der Waals surface area contributed by atoms with Gasteiger partial charge in [0.2, 0.25) is 0 Å². The predicted octanol–water partition coefficient (Wildman–Crippen LogP) is 3.82. The number of ether oxygens (including phenoxy) is 2. The van der Waals surface area contributed by atoms with Crippen LogP contribution in [0.15, 0.2) is 41.6 Å². The fourth-order valence-corrected chi connectivity index (χ4v) is 2.14. The molecule has 7 nitrogen and oxygen atoms in total. The molecule has 2 aromatic carbocycles. The standard InChI is InChI=1S/C16H15ClN2O5/c1-22-15-7-12(14(17)8-16(15)23-2)9-18-24-10-11-4-3-5-13(6-11)19(20)21/h3-9H,10H2,1-2H3/b18-9-. The minimum absolute atomic E-state index is 0.00279. The van der Waals surface area contributed by atoms with E-state index in [2.05, 4.69) is 5.16 Å². The van der Waals surface area contributed by atoms with Crippen molar-refractivity contribution in [1.82, 2.24) is 0 Å². The van der Waals surface area contributed by atoms with E-state index < -0.39 is 4.92 Å². The molecule has 0 aliphatic carbocycles. The maximum atomic E-state index is 10.7. The van der Waals surface area contributed by atoms with Crippen LogP contribution in [-0.2, 0) is 11.4 Å². The first-order valence-corrected chi connectivity index (χ1v) is 7.23. The minimum atomic E-state index is -0.462. The number of nitro groups is 1. The van der Waals surface area contributed by atoms with E-state index in [4.69, 9.17) is 25.9 Å². The molecule has 0 amide bonds. The van der Waals surface area contributed by atoms with Crippen LogP contribution < -0.4 is 9.47 Å². The Morgan fingerprint density at radius 2 is 1.92 bits per heavy atom. The average molecular weight is 351 g/mol. The van der Waals surface area contributed by atoms with Crippen LogP contribution in [0.5, 0.6) is 11.5 Å². The highest BCUT2D eigenvalue weighted by Crippen LogP contribution is 2.32. The molecule has 0 bridgehead atoms. The van der Waals surface area contributed by atoms with E-state index in [1.165, 1.54) is 32.6 Å². The lowest BCUT2D eigenvalue weighted by molar-refractivity contribution is -0.384. The second-order valence-corrected chi connectivity index (χ2v) is 5.07. The summed E-state index contributed by atoms with van der Waals surface area (Å²) in [6.07, 6.45) is 1.43. The van der Waals surface area contributed by atoms with Crippen molar-refractivity contribution >= 4 is 23.5 Å². The summed E-state index contributed by atoms with van der Waals surface area (Å²) in [7, 11) is 3.04. The molecule has 0 unspecified atom stereocenters. The Morgan fingerprint density at radius 3 is 2.58 bits per heavy atom. The van der Waals surface area contributed by atoms with Gasteiger partial charge in [0, 0.05) is 23.8 Å². The van der Waals surface area contributed by atoms with E-state index in [1.54, 1.807) is 24.3 Å². The summed E-state index contributed by atoms with van der Waals surface area (Å²) < 4.78 is 10.3. The largest absolute Gasteiger partial charge is 0.493 e. The van der Waals surface area contributed by atoms with E-state index in [-0.39, 0.29) is 12.3 Å². The normalized spacial score (nSPS) is 10.6. The van der Waals surface area contributed by atoms with Gasteiger partial charge in [0.1, 0.15) is 6.61 Å². The molecule has 0 aliphatic heterocycles.